The fourth-order valence-electron chi connectivity index (χ4n) is 2.72. The SMILES string of the molecule is NNC(=O)N(N)c1cc(OC(F)F)ccc1NC(=O)c1ccc2cc(Cl)ccc2c1. The lowest BCUT2D eigenvalue weighted by Gasteiger charge is -2.20. The van der Waals surface area contributed by atoms with Gasteiger partial charge in [-0.3, -0.25) is 10.2 Å². The van der Waals surface area contributed by atoms with Crippen molar-refractivity contribution in [1.82, 2.24) is 5.43 Å². The van der Waals surface area contributed by atoms with E-state index in [0.29, 0.717) is 15.6 Å². The van der Waals surface area contributed by atoms with Crippen LogP contribution in [0, 0.1) is 0 Å². The zero-order chi connectivity index (χ0) is 21.8. The molecule has 0 spiro atoms. The van der Waals surface area contributed by atoms with E-state index in [-0.39, 0.29) is 17.1 Å². The predicted octanol–water partition coefficient (Wildman–Crippen LogP) is 3.61. The molecule has 3 rings (SSSR count). The minimum Gasteiger partial charge on any atom is -0.435 e. The number of hydrogen-bond acceptors (Lipinski definition) is 5. The summed E-state index contributed by atoms with van der Waals surface area (Å²) in [6.45, 7) is -3.08. The average Bonchev–Trinajstić information content (AvgIpc) is 2.72. The van der Waals surface area contributed by atoms with E-state index < -0.39 is 18.5 Å². The smallest absolute Gasteiger partial charge is 0.387 e. The first-order valence-corrected chi connectivity index (χ1v) is 8.81. The fourth-order valence-corrected chi connectivity index (χ4v) is 2.90. The number of ether oxygens (including phenoxy) is 1. The number of halogens is 3. The molecular weight excluding hydrogens is 420 g/mol. The highest BCUT2D eigenvalue weighted by Gasteiger charge is 2.19. The Morgan fingerprint density at radius 3 is 2.43 bits per heavy atom. The van der Waals surface area contributed by atoms with Gasteiger partial charge in [0.25, 0.3) is 5.91 Å². The van der Waals surface area contributed by atoms with Crippen LogP contribution in [-0.2, 0) is 0 Å². The first-order chi connectivity index (χ1) is 14.3. The number of urea groups is 1. The summed E-state index contributed by atoms with van der Waals surface area (Å²) in [5.74, 6) is 9.97. The third kappa shape index (κ3) is 4.74. The topological polar surface area (TPSA) is 123 Å². The van der Waals surface area contributed by atoms with Crippen LogP contribution in [0.25, 0.3) is 10.8 Å². The second-order valence-electron chi connectivity index (χ2n) is 6.04. The minimum atomic E-state index is -3.08. The zero-order valence-electron chi connectivity index (χ0n) is 15.2. The van der Waals surface area contributed by atoms with Crippen LogP contribution in [0.15, 0.2) is 54.6 Å². The van der Waals surface area contributed by atoms with E-state index in [4.69, 9.17) is 23.3 Å². The van der Waals surface area contributed by atoms with Crippen molar-refractivity contribution in [1.29, 1.82) is 0 Å². The molecule has 3 amide bonds. The molecule has 0 unspecified atom stereocenters. The maximum atomic E-state index is 12.7. The minimum absolute atomic E-state index is 0.0731. The van der Waals surface area contributed by atoms with Crippen LogP contribution in [0.3, 0.4) is 0 Å². The Hall–Kier alpha value is -3.47. The molecule has 0 atom stereocenters. The highest BCUT2D eigenvalue weighted by molar-refractivity contribution is 6.31. The molecule has 0 aromatic heterocycles. The Labute approximate surface area is 174 Å². The standard InChI is InChI=1S/C19H16ClF2N5O3/c20-13-4-3-10-7-12(2-1-11(10)8-13)17(28)25-15-6-5-14(30-18(21)22)9-16(15)27(24)19(29)26-23/h1-9,18H,23-24H2,(H,25,28)(H,26,29). The Kier molecular flexibility index (Phi) is 6.31. The molecule has 0 saturated carbocycles. The number of alkyl halides is 2. The molecule has 0 aliphatic rings. The molecule has 0 fully saturated rings. The first kappa shape index (κ1) is 21.2. The molecule has 0 aliphatic carbocycles. The Morgan fingerprint density at radius 2 is 1.73 bits per heavy atom. The van der Waals surface area contributed by atoms with Crippen molar-refractivity contribution in [3.8, 4) is 5.75 Å². The second-order valence-corrected chi connectivity index (χ2v) is 6.47. The number of benzene rings is 3. The normalized spacial score (nSPS) is 10.7. The van der Waals surface area contributed by atoms with Gasteiger partial charge in [-0.1, -0.05) is 23.7 Å². The van der Waals surface area contributed by atoms with E-state index in [1.54, 1.807) is 36.4 Å². The molecule has 156 valence electrons. The molecule has 0 bridgehead atoms. The van der Waals surface area contributed by atoms with E-state index >= 15 is 0 Å². The maximum Gasteiger partial charge on any atom is 0.387 e. The molecule has 0 aliphatic heterocycles. The van der Waals surface area contributed by atoms with Crippen molar-refractivity contribution < 1.29 is 23.1 Å². The molecule has 30 heavy (non-hydrogen) atoms. The van der Waals surface area contributed by atoms with E-state index in [1.807, 2.05) is 5.43 Å². The van der Waals surface area contributed by atoms with Gasteiger partial charge in [-0.25, -0.2) is 21.5 Å². The molecule has 11 heteroatoms. The summed E-state index contributed by atoms with van der Waals surface area (Å²) in [4.78, 5) is 24.5. The van der Waals surface area contributed by atoms with Crippen molar-refractivity contribution in [3.05, 3.63) is 65.2 Å². The van der Waals surface area contributed by atoms with Crippen molar-refractivity contribution >= 4 is 45.7 Å². The van der Waals surface area contributed by atoms with Crippen molar-refractivity contribution in [2.75, 3.05) is 10.3 Å². The second kappa shape index (κ2) is 8.91. The van der Waals surface area contributed by atoms with Crippen LogP contribution in [-0.4, -0.2) is 18.5 Å². The van der Waals surface area contributed by atoms with E-state index in [0.717, 1.165) is 16.8 Å². The van der Waals surface area contributed by atoms with Crippen LogP contribution >= 0.6 is 11.6 Å². The quantitative estimate of drug-likeness (QED) is 0.277. The summed E-state index contributed by atoms with van der Waals surface area (Å²) < 4.78 is 29.4. The number of nitrogens with two attached hydrogens (primary N) is 2. The predicted molar refractivity (Wildman–Crippen MR) is 109 cm³/mol. The Morgan fingerprint density at radius 1 is 1.03 bits per heavy atom. The third-order valence-corrected chi connectivity index (χ3v) is 4.34. The monoisotopic (exact) mass is 435 g/mol. The number of hydrazine groups is 2. The fraction of sp³-hybridized carbons (Fsp3) is 0.0526. The highest BCUT2D eigenvalue weighted by atomic mass is 35.5. The van der Waals surface area contributed by atoms with Crippen LogP contribution in [0.1, 0.15) is 10.4 Å². The molecule has 8 nitrogen and oxygen atoms in total. The summed E-state index contributed by atoms with van der Waals surface area (Å²) in [5, 5.41) is 5.35. The summed E-state index contributed by atoms with van der Waals surface area (Å²) in [5.41, 5.74) is 2.08. The van der Waals surface area contributed by atoms with Crippen molar-refractivity contribution in [2.24, 2.45) is 11.7 Å². The van der Waals surface area contributed by atoms with Gasteiger partial charge in [0.15, 0.2) is 0 Å². The van der Waals surface area contributed by atoms with E-state index in [2.05, 4.69) is 10.1 Å². The highest BCUT2D eigenvalue weighted by Crippen LogP contribution is 2.31. The maximum absolute atomic E-state index is 12.7. The number of hydrogen-bond donors (Lipinski definition) is 4. The third-order valence-electron chi connectivity index (χ3n) is 4.11. The molecular formula is C19H16ClF2N5O3. The van der Waals surface area contributed by atoms with Gasteiger partial charge in [-0.15, -0.1) is 0 Å². The number of carbonyl (C=O) groups is 2. The summed E-state index contributed by atoms with van der Waals surface area (Å²) >= 11 is 5.96. The number of carbonyl (C=O) groups excluding carboxylic acids is 2. The number of anilines is 2. The number of amides is 3. The number of nitrogens with one attached hydrogen (secondary N) is 2. The largest absolute Gasteiger partial charge is 0.435 e. The average molecular weight is 436 g/mol. The van der Waals surface area contributed by atoms with Gasteiger partial charge in [0.1, 0.15) is 5.75 Å². The van der Waals surface area contributed by atoms with Crippen molar-refractivity contribution in [2.45, 2.75) is 6.61 Å². The molecule has 0 radical (unpaired) electrons. The lowest BCUT2D eigenvalue weighted by Crippen LogP contribution is -2.48. The molecule has 0 saturated heterocycles. The van der Waals surface area contributed by atoms with Crippen molar-refractivity contribution in [3.63, 3.8) is 0 Å². The zero-order valence-corrected chi connectivity index (χ0v) is 16.0. The van der Waals surface area contributed by atoms with Crippen LogP contribution in [0.2, 0.25) is 5.02 Å². The van der Waals surface area contributed by atoms with Gasteiger partial charge in [-0.2, -0.15) is 8.78 Å². The summed E-state index contributed by atoms with van der Waals surface area (Å²) in [7, 11) is 0. The summed E-state index contributed by atoms with van der Waals surface area (Å²) in [6, 6.07) is 12.8. The van der Waals surface area contributed by atoms with E-state index in [1.165, 1.54) is 12.1 Å². The van der Waals surface area contributed by atoms with Gasteiger partial charge < -0.3 is 10.1 Å². The van der Waals surface area contributed by atoms with Gasteiger partial charge in [0.05, 0.1) is 11.4 Å². The van der Waals surface area contributed by atoms with Crippen LogP contribution in [0.4, 0.5) is 25.0 Å². The van der Waals surface area contributed by atoms with E-state index in [9.17, 15) is 18.4 Å². The number of nitrogens with zero attached hydrogens (tertiary/aromatic N) is 1. The molecule has 0 heterocycles. The molecule has 6 N–H and O–H groups in total. The van der Waals surface area contributed by atoms with Gasteiger partial charge in [-0.05, 0) is 47.2 Å². The number of fused-ring (bicyclic) bond motifs is 1. The molecule has 3 aromatic rings. The Bertz CT molecular complexity index is 1110. The van der Waals surface area contributed by atoms with Crippen LogP contribution in [0.5, 0.6) is 5.75 Å². The van der Waals surface area contributed by atoms with Crippen LogP contribution < -0.4 is 32.2 Å². The lowest BCUT2D eigenvalue weighted by atomic mass is 10.1. The number of rotatable bonds is 5. The van der Waals surface area contributed by atoms with Gasteiger partial charge >= 0.3 is 12.6 Å². The Balaban J connectivity index is 1.93. The lowest BCUT2D eigenvalue weighted by molar-refractivity contribution is -0.0498. The van der Waals surface area contributed by atoms with Gasteiger partial charge in [0, 0.05) is 16.7 Å². The molecule has 3 aromatic carbocycles. The summed E-state index contributed by atoms with van der Waals surface area (Å²) in [6.07, 6.45) is 0. The van der Waals surface area contributed by atoms with Gasteiger partial charge in [0.2, 0.25) is 0 Å². The first-order valence-electron chi connectivity index (χ1n) is 8.43.